The van der Waals surface area contributed by atoms with Crippen LogP contribution in [0.2, 0.25) is 0 Å². The Morgan fingerprint density at radius 3 is 2.53 bits per heavy atom. The second kappa shape index (κ2) is 3.31. The van der Waals surface area contributed by atoms with Crippen LogP contribution in [0.1, 0.15) is 19.4 Å². The summed E-state index contributed by atoms with van der Waals surface area (Å²) in [6.45, 7) is 3.88. The van der Waals surface area contributed by atoms with Crippen LogP contribution in [0.4, 0.5) is 4.39 Å². The number of benzene rings is 2. The summed E-state index contributed by atoms with van der Waals surface area (Å²) in [5.74, 6) is -0.186. The first-order valence-electron chi connectivity index (χ1n) is 4.96. The maximum atomic E-state index is 13.4. The Kier molecular flexibility index (Phi) is 2.24. The predicted molar refractivity (Wildman–Crippen MR) is 61.1 cm³/mol. The van der Waals surface area contributed by atoms with Crippen molar-refractivity contribution in [2.45, 2.75) is 19.4 Å². The summed E-state index contributed by atoms with van der Waals surface area (Å²) in [6, 6.07) is 10.7. The Hall–Kier alpha value is -1.41. The second-order valence-electron chi connectivity index (χ2n) is 4.40. The Morgan fingerprint density at radius 2 is 1.87 bits per heavy atom. The van der Waals surface area contributed by atoms with Gasteiger partial charge in [-0.3, -0.25) is 0 Å². The van der Waals surface area contributed by atoms with Crippen LogP contribution in [-0.4, -0.2) is 0 Å². The van der Waals surface area contributed by atoms with E-state index in [1.807, 2.05) is 32.0 Å². The zero-order valence-corrected chi connectivity index (χ0v) is 8.92. The lowest BCUT2D eigenvalue weighted by molar-refractivity contribution is 0.555. The van der Waals surface area contributed by atoms with Crippen LogP contribution >= 0.6 is 0 Å². The van der Waals surface area contributed by atoms with Gasteiger partial charge >= 0.3 is 0 Å². The van der Waals surface area contributed by atoms with Gasteiger partial charge in [-0.05, 0) is 36.9 Å². The summed E-state index contributed by atoms with van der Waals surface area (Å²) in [5.41, 5.74) is 6.62. The van der Waals surface area contributed by atoms with Gasteiger partial charge in [0.2, 0.25) is 0 Å². The van der Waals surface area contributed by atoms with Crippen LogP contribution in [0, 0.1) is 5.82 Å². The Labute approximate surface area is 88.7 Å². The fourth-order valence-electron chi connectivity index (χ4n) is 1.64. The van der Waals surface area contributed by atoms with Crippen molar-refractivity contribution in [1.29, 1.82) is 0 Å². The SMILES string of the molecule is CC(C)(N)c1ccc2c(F)cccc2c1. The third kappa shape index (κ3) is 1.85. The van der Waals surface area contributed by atoms with E-state index in [1.54, 1.807) is 12.1 Å². The highest BCUT2D eigenvalue weighted by atomic mass is 19.1. The van der Waals surface area contributed by atoms with Gasteiger partial charge in [0.15, 0.2) is 0 Å². The van der Waals surface area contributed by atoms with E-state index in [1.165, 1.54) is 6.07 Å². The fraction of sp³-hybridized carbons (Fsp3) is 0.231. The third-order valence-corrected chi connectivity index (χ3v) is 2.57. The lowest BCUT2D eigenvalue weighted by Gasteiger charge is -2.19. The zero-order valence-electron chi connectivity index (χ0n) is 8.92. The number of fused-ring (bicyclic) bond motifs is 1. The molecule has 0 fully saturated rings. The van der Waals surface area contributed by atoms with Crippen molar-refractivity contribution in [3.8, 4) is 0 Å². The van der Waals surface area contributed by atoms with Gasteiger partial charge in [-0.2, -0.15) is 0 Å². The van der Waals surface area contributed by atoms with E-state index in [2.05, 4.69) is 0 Å². The Morgan fingerprint density at radius 1 is 1.13 bits per heavy atom. The van der Waals surface area contributed by atoms with Crippen molar-refractivity contribution in [3.05, 3.63) is 47.8 Å². The molecule has 78 valence electrons. The molecule has 2 aromatic rings. The van der Waals surface area contributed by atoms with Crippen LogP contribution in [0.15, 0.2) is 36.4 Å². The molecule has 0 aliphatic rings. The van der Waals surface area contributed by atoms with Crippen molar-refractivity contribution in [3.63, 3.8) is 0 Å². The van der Waals surface area contributed by atoms with Gasteiger partial charge in [-0.1, -0.05) is 24.3 Å². The highest BCUT2D eigenvalue weighted by Gasteiger charge is 2.14. The molecule has 15 heavy (non-hydrogen) atoms. The van der Waals surface area contributed by atoms with E-state index >= 15 is 0 Å². The van der Waals surface area contributed by atoms with E-state index in [-0.39, 0.29) is 11.4 Å². The summed E-state index contributed by atoms with van der Waals surface area (Å²) in [7, 11) is 0. The van der Waals surface area contributed by atoms with Crippen molar-refractivity contribution in [1.82, 2.24) is 0 Å². The van der Waals surface area contributed by atoms with Crippen LogP contribution in [-0.2, 0) is 5.54 Å². The van der Waals surface area contributed by atoms with E-state index < -0.39 is 0 Å². The van der Waals surface area contributed by atoms with Gasteiger partial charge in [0.25, 0.3) is 0 Å². The van der Waals surface area contributed by atoms with Crippen LogP contribution in [0.5, 0.6) is 0 Å². The Balaban J connectivity index is 2.68. The molecule has 0 saturated heterocycles. The number of halogens is 1. The number of nitrogens with two attached hydrogens (primary N) is 1. The molecule has 0 unspecified atom stereocenters. The number of hydrogen-bond donors (Lipinski definition) is 1. The largest absolute Gasteiger partial charge is 0.322 e. The van der Waals surface area contributed by atoms with E-state index in [0.29, 0.717) is 5.39 Å². The summed E-state index contributed by atoms with van der Waals surface area (Å²) in [4.78, 5) is 0. The highest BCUT2D eigenvalue weighted by molar-refractivity contribution is 5.83. The average molecular weight is 203 g/mol. The van der Waals surface area contributed by atoms with Crippen molar-refractivity contribution >= 4 is 10.8 Å². The maximum Gasteiger partial charge on any atom is 0.131 e. The monoisotopic (exact) mass is 203 g/mol. The molecule has 0 amide bonds. The molecule has 2 rings (SSSR count). The lowest BCUT2D eigenvalue weighted by atomic mass is 9.93. The topological polar surface area (TPSA) is 26.0 Å². The second-order valence-corrected chi connectivity index (χ2v) is 4.40. The lowest BCUT2D eigenvalue weighted by Crippen LogP contribution is -2.28. The van der Waals surface area contributed by atoms with E-state index in [4.69, 9.17) is 5.73 Å². The third-order valence-electron chi connectivity index (χ3n) is 2.57. The minimum atomic E-state index is -0.388. The average Bonchev–Trinajstić information content (AvgIpc) is 2.16. The molecule has 0 aliphatic heterocycles. The molecule has 0 bridgehead atoms. The zero-order chi connectivity index (χ0) is 11.1. The maximum absolute atomic E-state index is 13.4. The first-order chi connectivity index (χ1) is 6.98. The van der Waals surface area contributed by atoms with Crippen molar-refractivity contribution in [2.75, 3.05) is 0 Å². The summed E-state index contributed by atoms with van der Waals surface area (Å²) in [5, 5.41) is 1.54. The van der Waals surface area contributed by atoms with E-state index in [0.717, 1.165) is 10.9 Å². The van der Waals surface area contributed by atoms with Crippen LogP contribution in [0.25, 0.3) is 10.8 Å². The first-order valence-corrected chi connectivity index (χ1v) is 4.96. The fourth-order valence-corrected chi connectivity index (χ4v) is 1.64. The van der Waals surface area contributed by atoms with Gasteiger partial charge < -0.3 is 5.73 Å². The van der Waals surface area contributed by atoms with Crippen molar-refractivity contribution < 1.29 is 4.39 Å². The van der Waals surface area contributed by atoms with Gasteiger partial charge in [-0.25, -0.2) is 4.39 Å². The molecule has 2 heteroatoms. The molecule has 0 heterocycles. The molecule has 0 aliphatic carbocycles. The highest BCUT2D eigenvalue weighted by Crippen LogP contribution is 2.24. The normalized spacial score (nSPS) is 12.0. The standard InChI is InChI=1S/C13H14FN/c1-13(2,15)10-6-7-11-9(8-10)4-3-5-12(11)14/h3-8H,15H2,1-2H3. The molecule has 0 atom stereocenters. The van der Waals surface area contributed by atoms with Gasteiger partial charge in [-0.15, -0.1) is 0 Å². The minimum absolute atomic E-state index is 0.186. The quantitative estimate of drug-likeness (QED) is 0.756. The van der Waals surface area contributed by atoms with Gasteiger partial charge in [0.1, 0.15) is 5.82 Å². The minimum Gasteiger partial charge on any atom is -0.322 e. The molecular weight excluding hydrogens is 189 g/mol. The van der Waals surface area contributed by atoms with Crippen molar-refractivity contribution in [2.24, 2.45) is 5.73 Å². The number of hydrogen-bond acceptors (Lipinski definition) is 1. The van der Waals surface area contributed by atoms with Crippen LogP contribution < -0.4 is 5.73 Å². The molecule has 0 spiro atoms. The first kappa shape index (κ1) is 10.1. The molecule has 0 saturated carbocycles. The molecule has 0 aromatic heterocycles. The smallest absolute Gasteiger partial charge is 0.131 e. The number of rotatable bonds is 1. The van der Waals surface area contributed by atoms with E-state index in [9.17, 15) is 4.39 Å². The predicted octanol–water partition coefficient (Wildman–Crippen LogP) is 3.17. The molecular formula is C13H14FN. The summed E-state index contributed by atoms with van der Waals surface area (Å²) >= 11 is 0. The van der Waals surface area contributed by atoms with Crippen LogP contribution in [0.3, 0.4) is 0 Å². The summed E-state index contributed by atoms with van der Waals surface area (Å²) in [6.07, 6.45) is 0. The van der Waals surface area contributed by atoms with Gasteiger partial charge in [0, 0.05) is 10.9 Å². The molecule has 1 nitrogen and oxygen atoms in total. The molecule has 2 aromatic carbocycles. The molecule has 2 N–H and O–H groups in total. The Bertz CT molecular complexity index is 497. The summed E-state index contributed by atoms with van der Waals surface area (Å²) < 4.78 is 13.4. The molecule has 0 radical (unpaired) electrons. The van der Waals surface area contributed by atoms with Gasteiger partial charge in [0.05, 0.1) is 0 Å².